The van der Waals surface area contributed by atoms with Crippen molar-refractivity contribution in [2.24, 2.45) is 0 Å². The summed E-state index contributed by atoms with van der Waals surface area (Å²) in [5.74, 6) is -1.13. The van der Waals surface area contributed by atoms with Crippen LogP contribution in [0.5, 0.6) is 0 Å². The minimum atomic E-state index is -2.85. The molecule has 0 saturated heterocycles. The number of benzene rings is 1. The summed E-state index contributed by atoms with van der Waals surface area (Å²) in [7, 11) is -2.85. The summed E-state index contributed by atoms with van der Waals surface area (Å²) in [5.41, 5.74) is 0.220. The average molecular weight is 283 g/mol. The second-order valence-electron chi connectivity index (χ2n) is 1.84. The zero-order valence-corrected chi connectivity index (χ0v) is 15.3. The van der Waals surface area contributed by atoms with E-state index in [1.165, 1.54) is 12.1 Å². The fourth-order valence-electron chi connectivity index (χ4n) is 0.574. The average Bonchev–Trinajstić information content (AvgIpc) is 2.05. The molecule has 0 atom stereocenters. The van der Waals surface area contributed by atoms with Crippen LogP contribution in [-0.2, 0) is 0 Å². The summed E-state index contributed by atoms with van der Waals surface area (Å²) in [4.78, 5) is 10.1. The molecule has 8 heteroatoms. The number of hydrogen-bond acceptors (Lipinski definition) is 5. The summed E-state index contributed by atoms with van der Waals surface area (Å²) in [6.45, 7) is 0. The van der Waals surface area contributed by atoms with E-state index in [4.69, 9.17) is 14.0 Å². The molecule has 0 bridgehead atoms. The molecule has 0 N–H and O–H groups in total. The first-order chi connectivity index (χ1) is 6.04. The zero-order chi connectivity index (χ0) is 10.3. The number of aromatic carboxylic acids is 1. The largest absolute Gasteiger partial charge is 1.00 e. The molecule has 0 aliphatic heterocycles. The summed E-state index contributed by atoms with van der Waals surface area (Å²) < 4.78 is 25.2. The van der Waals surface area contributed by atoms with Crippen molar-refractivity contribution in [3.05, 3.63) is 35.9 Å². The summed E-state index contributed by atoms with van der Waals surface area (Å²) >= 11 is 0. The molecule has 15 heavy (non-hydrogen) atoms. The molecule has 0 unspecified atom stereocenters. The maximum Gasteiger partial charge on any atom is 1.00 e. The van der Waals surface area contributed by atoms with Gasteiger partial charge in [-0.2, -0.15) is 0 Å². The quantitative estimate of drug-likeness (QED) is 0.475. The molecule has 0 aliphatic rings. The minimum absolute atomic E-state index is 0. The van der Waals surface area contributed by atoms with Gasteiger partial charge < -0.3 is 23.9 Å². The van der Waals surface area contributed by atoms with Gasteiger partial charge in [-0.25, -0.2) is 0 Å². The Balaban J connectivity index is -0.000000213. The second kappa shape index (κ2) is 14.2. The van der Waals surface area contributed by atoms with Gasteiger partial charge in [0.1, 0.15) is 0 Å². The van der Waals surface area contributed by atoms with Crippen LogP contribution >= 0.6 is 0 Å². The van der Waals surface area contributed by atoms with Crippen LogP contribution in [0.4, 0.5) is 0 Å². The first-order valence-corrected chi connectivity index (χ1v) is 3.96. The smallest absolute Gasteiger partial charge is 0.545 e. The van der Waals surface area contributed by atoms with Gasteiger partial charge in [-0.1, -0.05) is 30.3 Å². The molecular weight excluding hydrogens is 278 g/mol. The molecule has 0 aliphatic carbocycles. The van der Waals surface area contributed by atoms with Gasteiger partial charge in [0, 0.05) is 0 Å². The fraction of sp³-hybridized carbons (Fsp3) is 0. The van der Waals surface area contributed by atoms with Crippen molar-refractivity contribution in [2.75, 3.05) is 0 Å². The molecule has 0 spiro atoms. The molecule has 1 rings (SSSR count). The summed E-state index contributed by atoms with van der Waals surface area (Å²) in [6.07, 6.45) is 0. The number of carboxylic acid groups (broad SMARTS) is 1. The van der Waals surface area contributed by atoms with Gasteiger partial charge in [-0.15, -0.1) is 0 Å². The molecule has 0 radical (unpaired) electrons. The van der Waals surface area contributed by atoms with Crippen LogP contribution in [0.1, 0.15) is 10.4 Å². The Hall–Kier alpha value is 2.13. The van der Waals surface area contributed by atoms with Gasteiger partial charge in [0.05, 0.1) is 16.8 Å². The number of carbonyl (C=O) groups is 1. The number of carbonyl (C=O) groups excluding carboxylic acids is 1. The third kappa shape index (κ3) is 16.1. The Morgan fingerprint density at radius 1 is 1.00 bits per heavy atom. The van der Waals surface area contributed by atoms with E-state index in [0.717, 1.165) is 0 Å². The predicted molar refractivity (Wildman–Crippen MR) is 30.8 cm³/mol. The molecule has 0 heterocycles. The number of rotatable bonds is 1. The van der Waals surface area contributed by atoms with E-state index in [9.17, 15) is 9.90 Å². The number of halogens is 1. The molecule has 1 aromatic rings. The Morgan fingerprint density at radius 2 is 1.33 bits per heavy atom. The van der Waals surface area contributed by atoms with Gasteiger partial charge >= 0.3 is 103 Å². The number of carboxylic acids is 1. The van der Waals surface area contributed by atoms with Gasteiger partial charge in [-0.05, 0) is 5.56 Å². The van der Waals surface area contributed by atoms with Crippen molar-refractivity contribution in [3.8, 4) is 0 Å². The van der Waals surface area contributed by atoms with E-state index in [0.29, 0.717) is 0 Å². The standard InChI is InChI=1S/C7H6O2.ClO3.2K/c8-7(9)6-4-2-1-3-5-6;2-1(3)4;;/h1-5H,(H,8,9);;;/q;-1;2*+1/p-1. The summed E-state index contributed by atoms with van der Waals surface area (Å²) in [6, 6.07) is 8.06. The van der Waals surface area contributed by atoms with Crippen LogP contribution < -0.4 is 122 Å². The predicted octanol–water partition coefficient (Wildman–Crippen LogP) is -9.51. The molecule has 0 amide bonds. The van der Waals surface area contributed by atoms with Gasteiger partial charge in [-0.3, -0.25) is 0 Å². The van der Waals surface area contributed by atoms with Gasteiger partial charge in [0.25, 0.3) is 0 Å². The van der Waals surface area contributed by atoms with Crippen LogP contribution in [0.2, 0.25) is 0 Å². The third-order valence-corrected chi connectivity index (χ3v) is 1.01. The minimum Gasteiger partial charge on any atom is -0.545 e. The molecule has 0 saturated carbocycles. The molecule has 0 aromatic heterocycles. The van der Waals surface area contributed by atoms with E-state index >= 15 is 0 Å². The van der Waals surface area contributed by atoms with E-state index in [1.807, 2.05) is 0 Å². The second-order valence-corrected chi connectivity index (χ2v) is 2.22. The monoisotopic (exact) mass is 282 g/mol. The Morgan fingerprint density at radius 3 is 1.53 bits per heavy atom. The normalized spacial score (nSPS) is 7.73. The Kier molecular flexibility index (Phi) is 21.1. The van der Waals surface area contributed by atoms with Gasteiger partial charge in [0.15, 0.2) is 0 Å². The van der Waals surface area contributed by atoms with Crippen molar-refractivity contribution >= 4 is 5.97 Å². The van der Waals surface area contributed by atoms with Crippen molar-refractivity contribution in [3.63, 3.8) is 0 Å². The van der Waals surface area contributed by atoms with Crippen molar-refractivity contribution in [2.45, 2.75) is 0 Å². The topological polar surface area (TPSA) is 109 Å². The molecule has 72 valence electrons. The van der Waals surface area contributed by atoms with E-state index in [-0.39, 0.29) is 108 Å². The van der Waals surface area contributed by atoms with Crippen LogP contribution in [-0.4, -0.2) is 5.97 Å². The molecule has 1 aromatic carbocycles. The SMILES string of the molecule is O=C([O-])c1ccccc1.[K+].[K+].[O-][Cl+2]([O-])[O-]. The van der Waals surface area contributed by atoms with Crippen LogP contribution in [0.25, 0.3) is 0 Å². The maximum absolute atomic E-state index is 10.1. The fourth-order valence-corrected chi connectivity index (χ4v) is 0.574. The maximum atomic E-state index is 10.1. The van der Waals surface area contributed by atoms with Crippen molar-refractivity contribution in [1.82, 2.24) is 0 Å². The van der Waals surface area contributed by atoms with E-state index in [1.54, 1.807) is 18.2 Å². The Labute approximate surface area is 175 Å². The molecular formula is C7H5ClK2O5. The zero-order valence-electron chi connectivity index (χ0n) is 8.31. The van der Waals surface area contributed by atoms with E-state index in [2.05, 4.69) is 0 Å². The molecule has 0 fully saturated rings. The van der Waals surface area contributed by atoms with Crippen LogP contribution in [0, 0.1) is 10.8 Å². The third-order valence-electron chi connectivity index (χ3n) is 1.01. The van der Waals surface area contributed by atoms with Crippen LogP contribution in [0.15, 0.2) is 30.3 Å². The number of hydrogen-bond donors (Lipinski definition) is 0. The molecule has 5 nitrogen and oxygen atoms in total. The first kappa shape index (κ1) is 22.3. The first-order valence-electron chi connectivity index (χ1n) is 3.03. The van der Waals surface area contributed by atoms with Crippen molar-refractivity contribution in [1.29, 1.82) is 0 Å². The van der Waals surface area contributed by atoms with Crippen LogP contribution in [0.3, 0.4) is 0 Å². The Bertz CT molecular complexity index is 254. The van der Waals surface area contributed by atoms with E-state index < -0.39 is 16.8 Å². The summed E-state index contributed by atoms with van der Waals surface area (Å²) in [5, 5.41) is 10.1. The van der Waals surface area contributed by atoms with Crippen molar-refractivity contribution < 1.29 is 137 Å². The van der Waals surface area contributed by atoms with Gasteiger partial charge in [0.2, 0.25) is 0 Å².